The smallest absolute Gasteiger partial charge is 0.181 e. The number of rotatable bonds is 2. The molecule has 0 atom stereocenters. The molecular weight excluding hydrogens is 314 g/mol. The normalized spacial score (nSPS) is 11.3. The summed E-state index contributed by atoms with van der Waals surface area (Å²) in [4.78, 5) is 3.81. The van der Waals surface area contributed by atoms with Gasteiger partial charge in [-0.05, 0) is 18.1 Å². The van der Waals surface area contributed by atoms with Gasteiger partial charge in [0.1, 0.15) is 9.84 Å². The van der Waals surface area contributed by atoms with Crippen molar-refractivity contribution < 1.29 is 45.5 Å². The van der Waals surface area contributed by atoms with Crippen molar-refractivity contribution in [2.24, 2.45) is 0 Å². The van der Waals surface area contributed by atoms with E-state index in [2.05, 4.69) is 4.98 Å². The van der Waals surface area contributed by atoms with Crippen LogP contribution in [0.3, 0.4) is 0 Å². The van der Waals surface area contributed by atoms with Gasteiger partial charge in [-0.2, -0.15) is 0 Å². The van der Waals surface area contributed by atoms with E-state index in [0.29, 0.717) is 5.52 Å². The van der Waals surface area contributed by atoms with Crippen LogP contribution in [0, 0.1) is 6.01 Å². The molecule has 0 aliphatic carbocycles. The summed E-state index contributed by atoms with van der Waals surface area (Å²) < 4.78 is 34.7. The van der Waals surface area contributed by atoms with E-state index in [1.54, 1.807) is 24.3 Å². The van der Waals surface area contributed by atoms with Crippen LogP contribution in [0.2, 0.25) is 0 Å². The van der Waals surface area contributed by atoms with Crippen LogP contribution < -0.4 is 0 Å². The summed E-state index contributed by atoms with van der Waals surface area (Å²) >= 11 is 0.958. The van der Waals surface area contributed by atoms with Crippen LogP contribution in [0.5, 0.6) is 0 Å². The van der Waals surface area contributed by atoms with E-state index >= 15 is 0 Å². The quantitative estimate of drug-likeness (QED) is 0.797. The molecule has 0 N–H and O–H groups in total. The minimum Gasteiger partial charge on any atom is -0.442 e. The second-order valence-corrected chi connectivity index (χ2v) is 5.53. The average molecular weight is 319 g/mol. The van der Waals surface area contributed by atoms with Gasteiger partial charge < -0.3 is 4.39 Å². The van der Waals surface area contributed by atoms with Gasteiger partial charge in [-0.15, -0.1) is 11.3 Å². The Morgan fingerprint density at radius 1 is 1.33 bits per heavy atom. The number of fused-ring (bicyclic) bond motifs is 1. The predicted octanol–water partition coefficient (Wildman–Crippen LogP) is 2.16. The Balaban J connectivity index is 0.00000112. The zero-order chi connectivity index (χ0) is 10.2. The summed E-state index contributed by atoms with van der Waals surface area (Å²) in [5, 5.41) is 0. The molecule has 0 saturated carbocycles. The molecule has 3 nitrogen and oxygen atoms in total. The van der Waals surface area contributed by atoms with Crippen LogP contribution in [0.15, 0.2) is 28.6 Å². The van der Waals surface area contributed by atoms with Crippen molar-refractivity contribution in [3.8, 4) is 0 Å². The van der Waals surface area contributed by atoms with Crippen LogP contribution in [0.4, 0.5) is 4.39 Å². The fraction of sp³-hybridized carbons (Fsp3) is 0. The molecule has 1 aromatic heterocycles. The van der Waals surface area contributed by atoms with E-state index in [1.165, 1.54) is 0 Å². The van der Waals surface area contributed by atoms with Gasteiger partial charge in [0.05, 0.1) is 10.2 Å². The van der Waals surface area contributed by atoms with E-state index in [1.807, 2.05) is 0 Å². The standard InChI is InChI=1S/C8H5FNO2S2.Y/c9-5-14(11,12)8-10-6-3-1-2-4-7(6)13-8;/h1-5H;/q-1;. The summed E-state index contributed by atoms with van der Waals surface area (Å²) in [6.07, 6.45) is 0. The van der Waals surface area contributed by atoms with Gasteiger partial charge in [0.2, 0.25) is 0 Å². The maximum atomic E-state index is 12.0. The molecule has 0 spiro atoms. The molecule has 0 unspecified atom stereocenters. The first-order valence-electron chi connectivity index (χ1n) is 3.67. The van der Waals surface area contributed by atoms with Crippen molar-refractivity contribution in [1.82, 2.24) is 4.98 Å². The van der Waals surface area contributed by atoms with Crippen molar-refractivity contribution in [3.05, 3.63) is 30.3 Å². The van der Waals surface area contributed by atoms with Gasteiger partial charge in [-0.1, -0.05) is 12.1 Å². The number of para-hydroxylation sites is 1. The largest absolute Gasteiger partial charge is 0.442 e. The fourth-order valence-corrected chi connectivity index (χ4v) is 2.85. The molecule has 7 heteroatoms. The molecule has 15 heavy (non-hydrogen) atoms. The number of halogens is 1. The van der Waals surface area contributed by atoms with Crippen LogP contribution >= 0.6 is 11.3 Å². The van der Waals surface area contributed by atoms with E-state index in [-0.39, 0.29) is 43.1 Å². The number of thiazole rings is 1. The van der Waals surface area contributed by atoms with Crippen LogP contribution in [0.25, 0.3) is 10.2 Å². The van der Waals surface area contributed by atoms with Gasteiger partial charge in [0, 0.05) is 32.7 Å². The Bertz CT molecular complexity index is 534. The summed E-state index contributed by atoms with van der Waals surface area (Å²) in [7, 11) is -3.94. The maximum Gasteiger partial charge on any atom is 0.181 e. The third-order valence-electron chi connectivity index (χ3n) is 1.63. The molecule has 1 aromatic carbocycles. The van der Waals surface area contributed by atoms with Gasteiger partial charge in [-0.25, -0.2) is 4.98 Å². The van der Waals surface area contributed by atoms with E-state index in [9.17, 15) is 12.8 Å². The Hall–Kier alpha value is 0.0939. The molecule has 0 saturated heterocycles. The van der Waals surface area contributed by atoms with Gasteiger partial charge >= 0.3 is 0 Å². The summed E-state index contributed by atoms with van der Waals surface area (Å²) in [6.45, 7) is 0. The van der Waals surface area contributed by atoms with Gasteiger partial charge in [0.25, 0.3) is 0 Å². The Labute approximate surface area is 116 Å². The molecule has 0 aliphatic heterocycles. The molecule has 1 radical (unpaired) electrons. The van der Waals surface area contributed by atoms with Gasteiger partial charge in [-0.3, -0.25) is 8.42 Å². The predicted molar refractivity (Wildman–Crippen MR) is 52.2 cm³/mol. The molecule has 1 heterocycles. The van der Waals surface area contributed by atoms with Crippen molar-refractivity contribution in [2.75, 3.05) is 0 Å². The second-order valence-electron chi connectivity index (χ2n) is 2.58. The number of hydrogen-bond acceptors (Lipinski definition) is 4. The van der Waals surface area contributed by atoms with Crippen molar-refractivity contribution in [1.29, 1.82) is 0 Å². The Kier molecular flexibility index (Phi) is 4.34. The number of sulfone groups is 1. The van der Waals surface area contributed by atoms with E-state index in [4.69, 9.17) is 0 Å². The molecule has 2 aromatic rings. The third kappa shape index (κ3) is 2.61. The number of benzene rings is 1. The first-order chi connectivity index (χ1) is 6.63. The van der Waals surface area contributed by atoms with Crippen LogP contribution in [-0.4, -0.2) is 13.4 Å². The number of aromatic nitrogens is 1. The fourth-order valence-electron chi connectivity index (χ4n) is 1.01. The summed E-state index contributed by atoms with van der Waals surface area (Å²) in [6, 6.07) is 6.62. The zero-order valence-electron chi connectivity index (χ0n) is 7.42. The topological polar surface area (TPSA) is 47.0 Å². The van der Waals surface area contributed by atoms with Crippen molar-refractivity contribution >= 4 is 31.4 Å². The third-order valence-corrected chi connectivity index (χ3v) is 4.23. The summed E-state index contributed by atoms with van der Waals surface area (Å²) in [5.74, 6) is 0. The van der Waals surface area contributed by atoms with Crippen molar-refractivity contribution in [3.63, 3.8) is 0 Å². The SMILES string of the molecule is O=S(=O)([CH-]F)c1nc2ccccc2s1.[Y]. The van der Waals surface area contributed by atoms with Crippen LogP contribution in [-0.2, 0) is 42.5 Å². The van der Waals surface area contributed by atoms with Crippen LogP contribution in [0.1, 0.15) is 0 Å². The van der Waals surface area contributed by atoms with Crippen molar-refractivity contribution in [2.45, 2.75) is 4.34 Å². The molecular formula is C8H5FNO2S2Y-. The second kappa shape index (κ2) is 4.95. The minimum atomic E-state index is -3.94. The summed E-state index contributed by atoms with van der Waals surface area (Å²) in [5.41, 5.74) is 0.568. The van der Waals surface area contributed by atoms with Gasteiger partial charge in [0.15, 0.2) is 4.34 Å². The molecule has 77 valence electrons. The van der Waals surface area contributed by atoms with E-state index in [0.717, 1.165) is 16.0 Å². The molecule has 0 bridgehead atoms. The number of hydrogen-bond donors (Lipinski definition) is 0. The molecule has 0 aliphatic rings. The average Bonchev–Trinajstić information content (AvgIpc) is 2.61. The zero-order valence-corrected chi connectivity index (χ0v) is 11.9. The maximum absolute atomic E-state index is 12.0. The Morgan fingerprint density at radius 3 is 2.60 bits per heavy atom. The molecule has 2 rings (SSSR count). The van der Waals surface area contributed by atoms with E-state index < -0.39 is 9.84 Å². The first-order valence-corrected chi connectivity index (χ1v) is 6.04. The monoisotopic (exact) mass is 319 g/mol. The molecule has 0 fully saturated rings. The number of nitrogens with zero attached hydrogens (tertiary/aromatic N) is 1. The Morgan fingerprint density at radius 2 is 2.00 bits per heavy atom. The minimum absolute atomic E-state index is 0. The first kappa shape index (κ1) is 13.2. The molecule has 0 amide bonds.